The number of hydrogen-bond acceptors (Lipinski definition) is 1. The molecule has 1 saturated heterocycles. The predicted molar refractivity (Wildman–Crippen MR) is 83.5 cm³/mol. The topological polar surface area (TPSA) is 12.0 Å². The summed E-state index contributed by atoms with van der Waals surface area (Å²) in [6.45, 7) is 10.4. The van der Waals surface area contributed by atoms with Gasteiger partial charge in [-0.25, -0.2) is 0 Å². The summed E-state index contributed by atoms with van der Waals surface area (Å²) in [5.74, 6) is 1.25. The first kappa shape index (κ1) is 14.6. The van der Waals surface area contributed by atoms with Gasteiger partial charge in [-0.2, -0.15) is 0 Å². The van der Waals surface area contributed by atoms with E-state index in [2.05, 4.69) is 57.3 Å². The van der Waals surface area contributed by atoms with Crippen LogP contribution in [0, 0.1) is 5.92 Å². The fourth-order valence-electron chi connectivity index (χ4n) is 3.34. The minimum Gasteiger partial charge on any atom is -0.307 e. The zero-order chi connectivity index (χ0) is 13.9. The molecule has 1 heteroatoms. The molecule has 0 aromatic heterocycles. The molecule has 0 aliphatic carbocycles. The van der Waals surface area contributed by atoms with E-state index in [1.807, 2.05) is 0 Å². The number of benzene rings is 1. The molecule has 1 N–H and O–H groups in total. The van der Waals surface area contributed by atoms with Crippen LogP contribution in [0.15, 0.2) is 24.3 Å². The molecule has 0 amide bonds. The Bertz CT molecular complexity index is 381. The first-order valence-electron chi connectivity index (χ1n) is 7.92. The van der Waals surface area contributed by atoms with Crippen LogP contribution in [-0.2, 0) is 5.54 Å². The quantitative estimate of drug-likeness (QED) is 0.820. The van der Waals surface area contributed by atoms with E-state index in [-0.39, 0.29) is 5.54 Å². The molecule has 0 radical (unpaired) electrons. The van der Waals surface area contributed by atoms with Gasteiger partial charge in [-0.05, 0) is 42.3 Å². The Morgan fingerprint density at radius 3 is 2.21 bits per heavy atom. The van der Waals surface area contributed by atoms with Crippen LogP contribution in [0.4, 0.5) is 0 Å². The van der Waals surface area contributed by atoms with Gasteiger partial charge in [-0.1, -0.05) is 64.8 Å². The van der Waals surface area contributed by atoms with Gasteiger partial charge in [-0.15, -0.1) is 0 Å². The lowest BCUT2D eigenvalue weighted by Gasteiger charge is -2.38. The minimum absolute atomic E-state index is 0.187. The molecule has 1 aromatic carbocycles. The molecule has 1 aromatic rings. The van der Waals surface area contributed by atoms with Crippen molar-refractivity contribution in [3.8, 4) is 0 Å². The number of hydrogen-bond donors (Lipinski definition) is 1. The van der Waals surface area contributed by atoms with Gasteiger partial charge in [0.05, 0.1) is 0 Å². The highest BCUT2D eigenvalue weighted by molar-refractivity contribution is 5.31. The number of nitrogens with one attached hydrogen (secondary N) is 1. The lowest BCUT2D eigenvalue weighted by atomic mass is 9.76. The van der Waals surface area contributed by atoms with Gasteiger partial charge in [0.2, 0.25) is 0 Å². The molecule has 1 atom stereocenters. The van der Waals surface area contributed by atoms with Crippen molar-refractivity contribution in [1.29, 1.82) is 0 Å². The highest BCUT2D eigenvalue weighted by atomic mass is 15.0. The summed E-state index contributed by atoms with van der Waals surface area (Å²) in [7, 11) is 0. The standard InChI is InChI=1S/C18H29N/c1-14(2)16-8-10-17(11-9-16)18(15(3)4)12-6-5-7-13-19-18/h8-11,14-15,19H,5-7,12-13H2,1-4H3. The molecule has 19 heavy (non-hydrogen) atoms. The van der Waals surface area contributed by atoms with E-state index in [4.69, 9.17) is 0 Å². The van der Waals surface area contributed by atoms with Crippen LogP contribution in [0.1, 0.15) is 70.4 Å². The first-order valence-corrected chi connectivity index (χ1v) is 7.92. The Morgan fingerprint density at radius 2 is 1.63 bits per heavy atom. The van der Waals surface area contributed by atoms with Gasteiger partial charge in [0.1, 0.15) is 0 Å². The molecule has 106 valence electrons. The van der Waals surface area contributed by atoms with Crippen LogP contribution in [0.2, 0.25) is 0 Å². The molecule has 1 aliphatic rings. The lowest BCUT2D eigenvalue weighted by molar-refractivity contribution is 0.231. The maximum absolute atomic E-state index is 3.86. The minimum atomic E-state index is 0.187. The highest BCUT2D eigenvalue weighted by Crippen LogP contribution is 2.37. The van der Waals surface area contributed by atoms with Crippen LogP contribution in [0.5, 0.6) is 0 Å². The Hall–Kier alpha value is -0.820. The van der Waals surface area contributed by atoms with Gasteiger partial charge in [-0.3, -0.25) is 0 Å². The molecule has 0 spiro atoms. The monoisotopic (exact) mass is 259 g/mol. The van der Waals surface area contributed by atoms with Crippen LogP contribution in [0.3, 0.4) is 0 Å². The molecule has 0 bridgehead atoms. The first-order chi connectivity index (χ1) is 9.06. The van der Waals surface area contributed by atoms with Gasteiger partial charge in [0.25, 0.3) is 0 Å². The average molecular weight is 259 g/mol. The van der Waals surface area contributed by atoms with Crippen molar-refractivity contribution in [2.45, 2.75) is 64.8 Å². The van der Waals surface area contributed by atoms with E-state index in [1.165, 1.54) is 36.8 Å². The van der Waals surface area contributed by atoms with E-state index in [0.717, 1.165) is 6.54 Å². The van der Waals surface area contributed by atoms with E-state index in [1.54, 1.807) is 0 Å². The normalized spacial score (nSPS) is 24.7. The fraction of sp³-hybridized carbons (Fsp3) is 0.667. The highest BCUT2D eigenvalue weighted by Gasteiger charge is 2.35. The second-order valence-electron chi connectivity index (χ2n) is 6.64. The molecular formula is C18H29N. The van der Waals surface area contributed by atoms with E-state index >= 15 is 0 Å². The summed E-state index contributed by atoms with van der Waals surface area (Å²) in [4.78, 5) is 0. The Morgan fingerprint density at radius 1 is 0.947 bits per heavy atom. The maximum atomic E-state index is 3.86. The fourth-order valence-corrected chi connectivity index (χ4v) is 3.34. The molecule has 2 rings (SSSR count). The molecule has 0 saturated carbocycles. The van der Waals surface area contributed by atoms with Gasteiger partial charge < -0.3 is 5.32 Å². The molecule has 1 heterocycles. The van der Waals surface area contributed by atoms with Gasteiger partial charge in [0.15, 0.2) is 0 Å². The van der Waals surface area contributed by atoms with Gasteiger partial charge in [0, 0.05) is 5.54 Å². The van der Waals surface area contributed by atoms with E-state index < -0.39 is 0 Å². The molecule has 1 fully saturated rings. The second kappa shape index (κ2) is 6.09. The van der Waals surface area contributed by atoms with Crippen molar-refractivity contribution in [1.82, 2.24) is 5.32 Å². The third-order valence-electron chi connectivity index (χ3n) is 4.77. The second-order valence-corrected chi connectivity index (χ2v) is 6.64. The average Bonchev–Trinajstić information content (AvgIpc) is 2.65. The van der Waals surface area contributed by atoms with Crippen molar-refractivity contribution in [2.75, 3.05) is 6.54 Å². The van der Waals surface area contributed by atoms with Crippen molar-refractivity contribution in [2.24, 2.45) is 5.92 Å². The summed E-state index contributed by atoms with van der Waals surface area (Å²) in [5.41, 5.74) is 3.11. The van der Waals surface area contributed by atoms with Crippen LogP contribution >= 0.6 is 0 Å². The molecule has 1 unspecified atom stereocenters. The molecule has 1 aliphatic heterocycles. The van der Waals surface area contributed by atoms with E-state index in [9.17, 15) is 0 Å². The number of rotatable bonds is 3. The van der Waals surface area contributed by atoms with Crippen LogP contribution in [0.25, 0.3) is 0 Å². The summed E-state index contributed by atoms with van der Waals surface area (Å²) in [5, 5.41) is 3.86. The zero-order valence-electron chi connectivity index (χ0n) is 13.0. The third kappa shape index (κ3) is 3.02. The summed E-state index contributed by atoms with van der Waals surface area (Å²) in [6, 6.07) is 9.34. The predicted octanol–water partition coefficient (Wildman–Crippen LogP) is 4.82. The zero-order valence-corrected chi connectivity index (χ0v) is 13.0. The van der Waals surface area contributed by atoms with Crippen LogP contribution < -0.4 is 5.32 Å². The smallest absolute Gasteiger partial charge is 0.0457 e. The van der Waals surface area contributed by atoms with Crippen molar-refractivity contribution in [3.63, 3.8) is 0 Å². The third-order valence-corrected chi connectivity index (χ3v) is 4.77. The van der Waals surface area contributed by atoms with Crippen LogP contribution in [-0.4, -0.2) is 6.54 Å². The van der Waals surface area contributed by atoms with Gasteiger partial charge >= 0.3 is 0 Å². The Labute approximate surface area is 118 Å². The maximum Gasteiger partial charge on any atom is 0.0457 e. The summed E-state index contributed by atoms with van der Waals surface area (Å²) in [6.07, 6.45) is 5.30. The SMILES string of the molecule is CC(C)c1ccc(C2(C(C)C)CCCCCN2)cc1. The molecular weight excluding hydrogens is 230 g/mol. The summed E-state index contributed by atoms with van der Waals surface area (Å²) >= 11 is 0. The summed E-state index contributed by atoms with van der Waals surface area (Å²) < 4.78 is 0. The van der Waals surface area contributed by atoms with E-state index in [0.29, 0.717) is 11.8 Å². The van der Waals surface area contributed by atoms with Crippen molar-refractivity contribution < 1.29 is 0 Å². The Balaban J connectivity index is 2.32. The van der Waals surface area contributed by atoms with Crippen molar-refractivity contribution in [3.05, 3.63) is 35.4 Å². The molecule has 1 nitrogen and oxygen atoms in total. The largest absolute Gasteiger partial charge is 0.307 e. The lowest BCUT2D eigenvalue weighted by Crippen LogP contribution is -2.46. The van der Waals surface area contributed by atoms with Crippen molar-refractivity contribution >= 4 is 0 Å². The Kier molecular flexibility index (Phi) is 4.67.